The minimum absolute atomic E-state index is 0.0454. The van der Waals surface area contributed by atoms with Crippen molar-refractivity contribution in [1.29, 1.82) is 0 Å². The number of likely N-dealkylation sites (tertiary alicyclic amines) is 1. The molecule has 2 atom stereocenters. The van der Waals surface area contributed by atoms with Gasteiger partial charge in [-0.2, -0.15) is 0 Å². The second-order valence-electron chi connectivity index (χ2n) is 7.73. The number of aliphatic hydroxyl groups is 1. The molecule has 124 valence electrons. The predicted molar refractivity (Wildman–Crippen MR) is 82.5 cm³/mol. The molecule has 0 bridgehead atoms. The minimum Gasteiger partial charge on any atom is -0.465 e. The van der Waals surface area contributed by atoms with Crippen molar-refractivity contribution in [2.75, 3.05) is 13.2 Å². The number of carboxylic acid groups (broad SMARTS) is 1. The molecule has 0 saturated carbocycles. The quantitative estimate of drug-likeness (QED) is 0.818. The Hall–Kier alpha value is -0.810. The van der Waals surface area contributed by atoms with Gasteiger partial charge in [0.05, 0.1) is 30.4 Å². The first kappa shape index (κ1) is 18.2. The van der Waals surface area contributed by atoms with E-state index in [1.807, 2.05) is 20.8 Å². The zero-order chi connectivity index (χ0) is 16.5. The summed E-state index contributed by atoms with van der Waals surface area (Å²) in [6.07, 6.45) is 0.903. The molecule has 5 heteroatoms. The van der Waals surface area contributed by atoms with E-state index in [9.17, 15) is 15.0 Å². The van der Waals surface area contributed by atoms with Crippen LogP contribution in [-0.4, -0.2) is 51.6 Å². The van der Waals surface area contributed by atoms with Crippen molar-refractivity contribution in [2.24, 2.45) is 5.41 Å². The standard InChI is InChI=1S/C16H31NO4/c1-7-8-16(11-18)9-12(10-17(16)13(19)20)21-15(5,6)14(2,3)4/h12,18H,7-11H2,1-6H3,(H,19,20)/t12-,16+/m1/s1. The fourth-order valence-electron chi connectivity index (χ4n) is 2.88. The van der Waals surface area contributed by atoms with Crippen LogP contribution in [0.2, 0.25) is 0 Å². The molecule has 1 aliphatic heterocycles. The molecule has 2 N–H and O–H groups in total. The highest BCUT2D eigenvalue weighted by Crippen LogP contribution is 2.40. The second kappa shape index (κ2) is 6.13. The Morgan fingerprint density at radius 1 is 1.33 bits per heavy atom. The smallest absolute Gasteiger partial charge is 0.407 e. The van der Waals surface area contributed by atoms with Gasteiger partial charge in [0.25, 0.3) is 0 Å². The summed E-state index contributed by atoms with van der Waals surface area (Å²) in [7, 11) is 0. The predicted octanol–water partition coefficient (Wildman–Crippen LogP) is 3.11. The third-order valence-electron chi connectivity index (χ3n) is 5.07. The van der Waals surface area contributed by atoms with Crippen LogP contribution in [0.4, 0.5) is 4.79 Å². The minimum atomic E-state index is -0.975. The first-order valence-electron chi connectivity index (χ1n) is 7.78. The molecule has 21 heavy (non-hydrogen) atoms. The number of hydrogen-bond donors (Lipinski definition) is 2. The lowest BCUT2D eigenvalue weighted by Gasteiger charge is -2.40. The molecule has 1 heterocycles. The van der Waals surface area contributed by atoms with Crippen LogP contribution >= 0.6 is 0 Å². The molecule has 1 aliphatic rings. The summed E-state index contributed by atoms with van der Waals surface area (Å²) in [4.78, 5) is 12.9. The normalized spacial score (nSPS) is 27.2. The third kappa shape index (κ3) is 3.69. The Kier molecular flexibility index (Phi) is 5.32. The van der Waals surface area contributed by atoms with Gasteiger partial charge in [0.2, 0.25) is 0 Å². The molecule has 0 unspecified atom stereocenters. The van der Waals surface area contributed by atoms with Crippen molar-refractivity contribution in [3.63, 3.8) is 0 Å². The lowest BCUT2D eigenvalue weighted by molar-refractivity contribution is -0.126. The maximum absolute atomic E-state index is 11.5. The zero-order valence-electron chi connectivity index (χ0n) is 14.3. The van der Waals surface area contributed by atoms with Crippen LogP contribution in [0.3, 0.4) is 0 Å². The molecule has 0 aromatic rings. The van der Waals surface area contributed by atoms with Crippen molar-refractivity contribution >= 4 is 6.09 Å². The van der Waals surface area contributed by atoms with Gasteiger partial charge in [-0.1, -0.05) is 34.1 Å². The number of ether oxygens (including phenoxy) is 1. The van der Waals surface area contributed by atoms with Crippen molar-refractivity contribution in [1.82, 2.24) is 4.90 Å². The van der Waals surface area contributed by atoms with E-state index < -0.39 is 11.6 Å². The maximum atomic E-state index is 11.5. The SMILES string of the molecule is CCC[C@@]1(CO)C[C@@H](OC(C)(C)C(C)(C)C)CN1C(=O)O. The topological polar surface area (TPSA) is 70.0 Å². The lowest BCUT2D eigenvalue weighted by Crippen LogP contribution is -2.49. The van der Waals surface area contributed by atoms with E-state index in [1.165, 1.54) is 4.90 Å². The Morgan fingerprint density at radius 3 is 2.29 bits per heavy atom. The van der Waals surface area contributed by atoms with Gasteiger partial charge < -0.3 is 14.9 Å². The third-order valence-corrected chi connectivity index (χ3v) is 5.07. The molecule has 0 aliphatic carbocycles. The highest BCUT2D eigenvalue weighted by atomic mass is 16.5. The van der Waals surface area contributed by atoms with Gasteiger partial charge in [-0.05, 0) is 25.7 Å². The van der Waals surface area contributed by atoms with Crippen LogP contribution in [0, 0.1) is 5.41 Å². The molecule has 1 saturated heterocycles. The van der Waals surface area contributed by atoms with E-state index >= 15 is 0 Å². The fourth-order valence-corrected chi connectivity index (χ4v) is 2.88. The van der Waals surface area contributed by atoms with E-state index in [0.29, 0.717) is 19.4 Å². The number of amides is 1. The summed E-state index contributed by atoms with van der Waals surface area (Å²) in [5.74, 6) is 0. The monoisotopic (exact) mass is 301 g/mol. The average molecular weight is 301 g/mol. The number of carbonyl (C=O) groups is 1. The number of hydrogen-bond acceptors (Lipinski definition) is 3. The van der Waals surface area contributed by atoms with Gasteiger partial charge in [0, 0.05) is 6.42 Å². The van der Waals surface area contributed by atoms with Gasteiger partial charge in [0.1, 0.15) is 0 Å². The van der Waals surface area contributed by atoms with Crippen LogP contribution in [0.1, 0.15) is 60.8 Å². The Bertz CT molecular complexity index is 375. The first-order chi connectivity index (χ1) is 9.49. The van der Waals surface area contributed by atoms with Gasteiger partial charge in [-0.3, -0.25) is 4.90 Å². The van der Waals surface area contributed by atoms with E-state index in [2.05, 4.69) is 20.8 Å². The summed E-state index contributed by atoms with van der Waals surface area (Å²) in [5, 5.41) is 19.2. The van der Waals surface area contributed by atoms with E-state index in [-0.39, 0.29) is 23.7 Å². The Balaban J connectivity index is 2.93. The Morgan fingerprint density at radius 2 is 1.90 bits per heavy atom. The maximum Gasteiger partial charge on any atom is 0.407 e. The van der Waals surface area contributed by atoms with Crippen LogP contribution in [0.25, 0.3) is 0 Å². The van der Waals surface area contributed by atoms with Crippen LogP contribution < -0.4 is 0 Å². The average Bonchev–Trinajstić information content (AvgIpc) is 2.67. The molecule has 1 fully saturated rings. The van der Waals surface area contributed by atoms with Crippen LogP contribution in [0.15, 0.2) is 0 Å². The number of nitrogens with zero attached hydrogens (tertiary/aromatic N) is 1. The molecule has 5 nitrogen and oxygen atoms in total. The van der Waals surface area contributed by atoms with Crippen molar-refractivity contribution in [2.45, 2.75) is 78.0 Å². The molecule has 0 spiro atoms. The molecule has 1 rings (SSSR count). The van der Waals surface area contributed by atoms with Gasteiger partial charge in [0.15, 0.2) is 0 Å². The highest BCUT2D eigenvalue weighted by Gasteiger charge is 2.49. The van der Waals surface area contributed by atoms with Crippen molar-refractivity contribution < 1.29 is 19.7 Å². The summed E-state index contributed by atoms with van der Waals surface area (Å²) in [6.45, 7) is 12.6. The van der Waals surface area contributed by atoms with Gasteiger partial charge in [-0.25, -0.2) is 4.79 Å². The molecular formula is C16H31NO4. The van der Waals surface area contributed by atoms with Crippen molar-refractivity contribution in [3.8, 4) is 0 Å². The summed E-state index contributed by atoms with van der Waals surface area (Å²) in [5.41, 5.74) is -1.10. The highest BCUT2D eigenvalue weighted by molar-refractivity contribution is 5.67. The Labute approximate surface area is 128 Å². The number of aliphatic hydroxyl groups excluding tert-OH is 1. The molecule has 1 amide bonds. The van der Waals surface area contributed by atoms with Crippen molar-refractivity contribution in [3.05, 3.63) is 0 Å². The summed E-state index contributed by atoms with van der Waals surface area (Å²) >= 11 is 0. The molecular weight excluding hydrogens is 270 g/mol. The van der Waals surface area contributed by atoms with Crippen LogP contribution in [0.5, 0.6) is 0 Å². The largest absolute Gasteiger partial charge is 0.465 e. The second-order valence-corrected chi connectivity index (χ2v) is 7.73. The van der Waals surface area contributed by atoms with Crippen LogP contribution in [-0.2, 0) is 4.74 Å². The zero-order valence-corrected chi connectivity index (χ0v) is 14.3. The molecule has 0 aromatic heterocycles. The fraction of sp³-hybridized carbons (Fsp3) is 0.938. The first-order valence-corrected chi connectivity index (χ1v) is 7.78. The summed E-state index contributed by atoms with van der Waals surface area (Å²) in [6, 6.07) is 0. The van der Waals surface area contributed by atoms with Gasteiger partial charge in [-0.15, -0.1) is 0 Å². The van der Waals surface area contributed by atoms with E-state index in [1.54, 1.807) is 0 Å². The van der Waals surface area contributed by atoms with E-state index in [4.69, 9.17) is 4.74 Å². The van der Waals surface area contributed by atoms with E-state index in [0.717, 1.165) is 6.42 Å². The lowest BCUT2D eigenvalue weighted by atomic mass is 9.79. The van der Waals surface area contributed by atoms with Gasteiger partial charge >= 0.3 is 6.09 Å². The number of rotatable bonds is 5. The molecule has 0 aromatic carbocycles. The molecule has 0 radical (unpaired) electrons. The summed E-state index contributed by atoms with van der Waals surface area (Å²) < 4.78 is 6.23.